The molecule has 4 aromatic rings. The first kappa shape index (κ1) is 33.3. The maximum absolute atomic E-state index is 14.6. The summed E-state index contributed by atoms with van der Waals surface area (Å²) in [5, 5.41) is 2.88. The number of hydrogen-bond acceptors (Lipinski definition) is 5. The zero-order chi connectivity index (χ0) is 32.6. The molecule has 0 saturated heterocycles. The number of likely N-dealkylation sites (N-methyl/N-ethyl adjacent to an activating group) is 1. The van der Waals surface area contributed by atoms with Crippen LogP contribution in [-0.2, 0) is 32.6 Å². The van der Waals surface area contributed by atoms with E-state index in [4.69, 9.17) is 4.74 Å². The van der Waals surface area contributed by atoms with Crippen molar-refractivity contribution in [2.24, 2.45) is 0 Å². The summed E-state index contributed by atoms with van der Waals surface area (Å²) >= 11 is 0. The van der Waals surface area contributed by atoms with Gasteiger partial charge in [-0.25, -0.2) is 8.42 Å². The lowest BCUT2D eigenvalue weighted by Crippen LogP contribution is -2.53. The fourth-order valence-corrected chi connectivity index (χ4v) is 6.50. The molecule has 0 saturated carbocycles. The molecule has 0 aliphatic carbocycles. The van der Waals surface area contributed by atoms with Gasteiger partial charge in [0.2, 0.25) is 11.8 Å². The van der Waals surface area contributed by atoms with E-state index in [-0.39, 0.29) is 29.5 Å². The van der Waals surface area contributed by atoms with Crippen LogP contribution in [0, 0.1) is 20.8 Å². The molecule has 8 nitrogen and oxygen atoms in total. The second-order valence-electron chi connectivity index (χ2n) is 11.1. The van der Waals surface area contributed by atoms with Crippen molar-refractivity contribution in [3.8, 4) is 5.75 Å². The van der Waals surface area contributed by atoms with Gasteiger partial charge in [0, 0.05) is 19.5 Å². The second-order valence-corrected chi connectivity index (χ2v) is 13.0. The quantitative estimate of drug-likeness (QED) is 0.209. The predicted octanol–water partition coefficient (Wildman–Crippen LogP) is 5.59. The number of benzene rings is 4. The Kier molecular flexibility index (Phi) is 11.0. The fraction of sp³-hybridized carbons (Fsp3) is 0.278. The summed E-state index contributed by atoms with van der Waals surface area (Å²) in [5.74, 6) is -0.538. The summed E-state index contributed by atoms with van der Waals surface area (Å²) < 4.78 is 35.3. The van der Waals surface area contributed by atoms with Crippen molar-refractivity contribution in [3.63, 3.8) is 0 Å². The topological polar surface area (TPSA) is 96.0 Å². The summed E-state index contributed by atoms with van der Waals surface area (Å²) in [7, 11) is -2.78. The number of sulfonamides is 1. The maximum atomic E-state index is 14.6. The molecule has 0 aliphatic rings. The van der Waals surface area contributed by atoms with Crippen LogP contribution >= 0.6 is 0 Å². The third-order valence-electron chi connectivity index (χ3n) is 7.59. The fourth-order valence-electron chi connectivity index (χ4n) is 5.08. The second kappa shape index (κ2) is 14.9. The van der Waals surface area contributed by atoms with Crippen molar-refractivity contribution < 1.29 is 22.7 Å². The molecular weight excluding hydrogens is 586 g/mol. The van der Waals surface area contributed by atoms with E-state index >= 15 is 0 Å². The molecule has 9 heteroatoms. The van der Waals surface area contributed by atoms with Gasteiger partial charge in [-0.2, -0.15) is 0 Å². The molecule has 0 bridgehead atoms. The first-order valence-electron chi connectivity index (χ1n) is 14.9. The van der Waals surface area contributed by atoms with Crippen LogP contribution in [0.4, 0.5) is 5.69 Å². The van der Waals surface area contributed by atoms with E-state index in [1.54, 1.807) is 24.3 Å². The Bertz CT molecular complexity index is 1710. The number of aryl methyl sites for hydroxylation is 3. The maximum Gasteiger partial charge on any atom is 0.264 e. The van der Waals surface area contributed by atoms with Gasteiger partial charge in [0.15, 0.2) is 0 Å². The van der Waals surface area contributed by atoms with Crippen molar-refractivity contribution in [3.05, 3.63) is 125 Å². The SMILES string of the molecule is CCNC(=O)[C@H](Cc1ccccc1)N(Cc1ccc(C)cc1)C(=O)CN(c1cc(C)ccc1OC)S(=O)(=O)c1ccc(C)cc1. The van der Waals surface area contributed by atoms with Gasteiger partial charge >= 0.3 is 0 Å². The minimum absolute atomic E-state index is 0.0408. The Labute approximate surface area is 266 Å². The van der Waals surface area contributed by atoms with E-state index in [1.165, 1.54) is 24.1 Å². The normalized spacial score (nSPS) is 11.8. The zero-order valence-electron chi connectivity index (χ0n) is 26.5. The van der Waals surface area contributed by atoms with Gasteiger partial charge in [-0.05, 0) is 68.7 Å². The lowest BCUT2D eigenvalue weighted by atomic mass is 10.0. The van der Waals surface area contributed by atoms with Gasteiger partial charge < -0.3 is 15.0 Å². The lowest BCUT2D eigenvalue weighted by Gasteiger charge is -2.34. The number of rotatable bonds is 13. The monoisotopic (exact) mass is 627 g/mol. The third kappa shape index (κ3) is 8.30. The molecule has 4 rings (SSSR count). The van der Waals surface area contributed by atoms with Gasteiger partial charge in [0.1, 0.15) is 18.3 Å². The molecule has 0 aliphatic heterocycles. The molecule has 0 radical (unpaired) electrons. The van der Waals surface area contributed by atoms with Gasteiger partial charge in [-0.1, -0.05) is 83.9 Å². The number of anilines is 1. The number of amides is 2. The van der Waals surface area contributed by atoms with E-state index in [9.17, 15) is 18.0 Å². The van der Waals surface area contributed by atoms with E-state index in [0.29, 0.717) is 12.3 Å². The Morgan fingerprint density at radius 1 is 0.800 bits per heavy atom. The number of carbonyl (C=O) groups is 2. The third-order valence-corrected chi connectivity index (χ3v) is 9.36. The van der Waals surface area contributed by atoms with Crippen molar-refractivity contribution in [2.75, 3.05) is 24.5 Å². The van der Waals surface area contributed by atoms with Gasteiger partial charge in [-0.15, -0.1) is 0 Å². The van der Waals surface area contributed by atoms with Crippen LogP contribution in [0.15, 0.2) is 102 Å². The van der Waals surface area contributed by atoms with Crippen molar-refractivity contribution in [1.29, 1.82) is 0 Å². The van der Waals surface area contributed by atoms with Gasteiger partial charge in [-0.3, -0.25) is 13.9 Å². The zero-order valence-corrected chi connectivity index (χ0v) is 27.3. The first-order chi connectivity index (χ1) is 21.5. The van der Waals surface area contributed by atoms with E-state index in [2.05, 4.69) is 5.32 Å². The highest BCUT2D eigenvalue weighted by Gasteiger charge is 2.35. The lowest BCUT2D eigenvalue weighted by molar-refractivity contribution is -0.140. The molecule has 2 amide bonds. The minimum Gasteiger partial charge on any atom is -0.495 e. The van der Waals surface area contributed by atoms with Crippen LogP contribution in [0.2, 0.25) is 0 Å². The highest BCUT2D eigenvalue weighted by Crippen LogP contribution is 2.34. The largest absolute Gasteiger partial charge is 0.495 e. The van der Waals surface area contributed by atoms with Crippen molar-refractivity contribution in [2.45, 2.75) is 51.6 Å². The van der Waals surface area contributed by atoms with Crippen LogP contribution < -0.4 is 14.4 Å². The summed E-state index contributed by atoms with van der Waals surface area (Å²) in [6.07, 6.45) is 0.253. The van der Waals surface area contributed by atoms with Gasteiger partial charge in [0.05, 0.1) is 17.7 Å². The number of nitrogens with zero attached hydrogens (tertiary/aromatic N) is 2. The molecule has 1 atom stereocenters. The molecule has 0 fully saturated rings. The minimum atomic E-state index is -4.24. The van der Waals surface area contributed by atoms with Crippen LogP contribution in [0.3, 0.4) is 0 Å². The molecule has 4 aromatic carbocycles. The molecule has 236 valence electrons. The molecule has 0 unspecified atom stereocenters. The number of hydrogen-bond donors (Lipinski definition) is 1. The number of ether oxygens (including phenoxy) is 1. The summed E-state index contributed by atoms with van der Waals surface area (Å²) in [6.45, 7) is 7.45. The molecule has 0 heterocycles. The average molecular weight is 628 g/mol. The highest BCUT2D eigenvalue weighted by molar-refractivity contribution is 7.92. The highest BCUT2D eigenvalue weighted by atomic mass is 32.2. The number of carbonyl (C=O) groups excluding carboxylic acids is 2. The van der Waals surface area contributed by atoms with E-state index in [1.807, 2.05) is 88.4 Å². The smallest absolute Gasteiger partial charge is 0.264 e. The molecule has 1 N–H and O–H groups in total. The van der Waals surface area contributed by atoms with Crippen LogP contribution in [-0.4, -0.2) is 51.4 Å². The molecule has 0 aromatic heterocycles. The number of methoxy groups -OCH3 is 1. The Morgan fingerprint density at radius 3 is 2.00 bits per heavy atom. The standard InChI is InChI=1S/C36H41N3O5S/c1-6-37-36(41)33(23-29-10-8-7-9-11-29)38(24-30-17-12-26(2)13-18-30)35(40)25-39(32-22-28(4)16-21-34(32)44-5)45(42,43)31-19-14-27(3)15-20-31/h7-22,33H,6,23-25H2,1-5H3,(H,37,41)/t33-/m0/s1. The first-order valence-corrected chi connectivity index (χ1v) is 16.4. The average Bonchev–Trinajstić information content (AvgIpc) is 3.03. The Hall–Kier alpha value is -4.63. The number of nitrogens with one attached hydrogen (secondary N) is 1. The molecular formula is C36H41N3O5S. The predicted molar refractivity (Wildman–Crippen MR) is 178 cm³/mol. The summed E-state index contributed by atoms with van der Waals surface area (Å²) in [5.41, 5.74) is 4.68. The summed E-state index contributed by atoms with van der Waals surface area (Å²) in [4.78, 5) is 29.7. The summed E-state index contributed by atoms with van der Waals surface area (Å²) in [6, 6.07) is 28.0. The molecule has 45 heavy (non-hydrogen) atoms. The van der Waals surface area contributed by atoms with Crippen molar-refractivity contribution in [1.82, 2.24) is 10.2 Å². The van der Waals surface area contributed by atoms with Crippen LogP contribution in [0.1, 0.15) is 34.7 Å². The van der Waals surface area contributed by atoms with E-state index in [0.717, 1.165) is 32.1 Å². The van der Waals surface area contributed by atoms with Crippen LogP contribution in [0.25, 0.3) is 0 Å². The van der Waals surface area contributed by atoms with Gasteiger partial charge in [0.25, 0.3) is 10.0 Å². The Morgan fingerprint density at radius 2 is 1.40 bits per heavy atom. The van der Waals surface area contributed by atoms with E-state index < -0.39 is 28.5 Å². The molecule has 0 spiro atoms. The van der Waals surface area contributed by atoms with Crippen LogP contribution in [0.5, 0.6) is 5.75 Å². The van der Waals surface area contributed by atoms with Crippen molar-refractivity contribution >= 4 is 27.5 Å². The Balaban J connectivity index is 1.84.